The summed E-state index contributed by atoms with van der Waals surface area (Å²) < 4.78 is 57.0. The van der Waals surface area contributed by atoms with Gasteiger partial charge in [0.1, 0.15) is 79.0 Å². The largest absolute Gasteiger partial charge is 0.483 e. The first kappa shape index (κ1) is 64.6. The van der Waals surface area contributed by atoms with Gasteiger partial charge in [-0.2, -0.15) is 4.31 Å². The fourth-order valence-corrected chi connectivity index (χ4v) is 9.17. The molecule has 2 saturated heterocycles. The fourth-order valence-electron chi connectivity index (χ4n) is 7.00. The molecule has 6 amide bonds. The summed E-state index contributed by atoms with van der Waals surface area (Å²) in [6, 6.07) is -9.06. The van der Waals surface area contributed by atoms with Crippen molar-refractivity contribution in [2.45, 2.75) is 138 Å². The number of amides is 6. The molecule has 2 aliphatic heterocycles. The Morgan fingerprint density at radius 3 is 1.88 bits per heavy atom. The highest BCUT2D eigenvalue weighted by Gasteiger charge is 2.52. The van der Waals surface area contributed by atoms with Crippen LogP contribution < -0.4 is 48.9 Å². The summed E-state index contributed by atoms with van der Waals surface area (Å²) in [4.78, 5) is 147. The molecule has 1 aromatic rings. The molecule has 0 radical (unpaired) electrons. The molecule has 0 bridgehead atoms. The summed E-state index contributed by atoms with van der Waals surface area (Å²) in [6.07, 6.45) is -17.8. The minimum Gasteiger partial charge on any atom is -0.481 e. The number of hydrogen-bond donors (Lipinski definition) is 17. The Morgan fingerprint density at radius 2 is 1.34 bits per heavy atom. The van der Waals surface area contributed by atoms with Gasteiger partial charge >= 0.3 is 33.3 Å². The summed E-state index contributed by atoms with van der Waals surface area (Å²) in [5, 5.41) is 82.7. The van der Waals surface area contributed by atoms with Crippen molar-refractivity contribution in [2.75, 3.05) is 26.4 Å². The average Bonchev–Trinajstić information content (AvgIpc) is 3.60. The Labute approximate surface area is 428 Å². The molecule has 1 aromatic heterocycles. The smallest absolute Gasteiger partial charge is 0.481 e. The van der Waals surface area contributed by atoms with E-state index in [2.05, 4.69) is 35.4 Å². The van der Waals surface area contributed by atoms with E-state index >= 15 is 0 Å². The van der Waals surface area contributed by atoms with E-state index in [1.165, 1.54) is 0 Å². The zero-order chi connectivity index (χ0) is 57.6. The van der Waals surface area contributed by atoms with Crippen LogP contribution in [0, 0.1) is 0 Å². The van der Waals surface area contributed by atoms with Gasteiger partial charge in [-0.15, -0.1) is 0 Å². The number of H-pyrrole nitrogens is 1. The van der Waals surface area contributed by atoms with Gasteiger partial charge < -0.3 is 97.4 Å². The van der Waals surface area contributed by atoms with Gasteiger partial charge in [-0.05, 0) is 40.2 Å². The topological polar surface area (TPSA) is 561 Å². The average molecular weight is 1140 g/mol. The number of carboxylic acids is 2. The first-order chi connectivity index (χ1) is 35.3. The molecule has 76 heavy (non-hydrogen) atoms. The second-order valence-corrected chi connectivity index (χ2v) is 19.8. The maximum atomic E-state index is 13.4. The molecule has 3 rings (SSSR count). The Kier molecular flexibility index (Phi) is 24.4. The van der Waals surface area contributed by atoms with Gasteiger partial charge in [0, 0.05) is 25.6 Å². The molecule has 38 heteroatoms. The van der Waals surface area contributed by atoms with Crippen LogP contribution >= 0.6 is 15.6 Å². The Morgan fingerprint density at radius 1 is 0.776 bits per heavy atom. The highest BCUT2D eigenvalue weighted by atomic mass is 31.3. The van der Waals surface area contributed by atoms with E-state index in [1.54, 1.807) is 0 Å². The third-order valence-corrected chi connectivity index (χ3v) is 13.5. The summed E-state index contributed by atoms with van der Waals surface area (Å²) in [7, 11) is -11.7. The number of carbonyl (C=O) groups excluding carboxylic acids is 6. The Balaban J connectivity index is 1.71. The van der Waals surface area contributed by atoms with Gasteiger partial charge in [0.25, 0.3) is 5.56 Å². The number of aromatic amines is 1. The van der Waals surface area contributed by atoms with E-state index in [4.69, 9.17) is 29.6 Å². The fraction of sp³-hybridized carbons (Fsp3) is 0.684. The van der Waals surface area contributed by atoms with Crippen LogP contribution in [-0.2, 0) is 75.1 Å². The molecule has 2 fully saturated rings. The lowest BCUT2D eigenvalue weighted by Gasteiger charge is -2.44. The molecule has 3 unspecified atom stereocenters. The van der Waals surface area contributed by atoms with Crippen molar-refractivity contribution in [2.24, 2.45) is 5.73 Å². The number of ether oxygens (including phenoxy) is 3. The van der Waals surface area contributed by atoms with Crippen LogP contribution in [0.25, 0.3) is 0 Å². The van der Waals surface area contributed by atoms with E-state index in [9.17, 15) is 97.5 Å². The van der Waals surface area contributed by atoms with Gasteiger partial charge in [-0.25, -0.2) is 18.7 Å². The summed E-state index contributed by atoms with van der Waals surface area (Å²) in [5.74, 6) is -9.48. The second kappa shape index (κ2) is 28.6. The normalized spacial score (nSPS) is 26.3. The van der Waals surface area contributed by atoms with Crippen LogP contribution in [0.5, 0.6) is 0 Å². The molecule has 0 aromatic carbocycles. The number of aliphatic hydroxyl groups excluding tert-OH is 5. The zero-order valence-corrected chi connectivity index (χ0v) is 42.3. The van der Waals surface area contributed by atoms with Crippen molar-refractivity contribution in [3.63, 3.8) is 0 Å². The predicted octanol–water partition coefficient (Wildman–Crippen LogP) is -8.48. The molecular weight excluding hydrogens is 1080 g/mol. The number of phosphoric acid groups is 2. The van der Waals surface area contributed by atoms with Crippen LogP contribution in [-0.4, -0.2) is 214 Å². The van der Waals surface area contributed by atoms with Crippen molar-refractivity contribution >= 4 is 63.0 Å². The predicted molar refractivity (Wildman–Crippen MR) is 245 cm³/mol. The molecule has 36 nitrogen and oxygen atoms in total. The second-order valence-electron chi connectivity index (χ2n) is 16.8. The summed E-state index contributed by atoms with van der Waals surface area (Å²) in [6.45, 7) is 0.670. The number of aliphatic carboxylic acids is 2. The minimum atomic E-state index is -5.97. The highest BCUT2D eigenvalue weighted by molar-refractivity contribution is 7.61. The number of aliphatic hydroxyl groups is 5. The molecule has 17 atom stereocenters. The van der Waals surface area contributed by atoms with E-state index < -0.39 is 198 Å². The molecule has 18 N–H and O–H groups in total. The quantitative estimate of drug-likeness (QED) is 0.0331. The van der Waals surface area contributed by atoms with Crippen molar-refractivity contribution in [1.82, 2.24) is 41.5 Å². The lowest BCUT2D eigenvalue weighted by atomic mass is 9.96. The highest BCUT2D eigenvalue weighted by Crippen LogP contribution is 2.61. The zero-order valence-electron chi connectivity index (χ0n) is 40.6. The first-order valence-corrected chi connectivity index (χ1v) is 25.5. The Bertz CT molecular complexity index is 2470. The standard InChI is InChI=1S/C38H61N9O27P2/c1-14(30(57)43-18(5-6-24(52)53)34(61)44-19(7-9-39)33(60)41-15(2)31(58)45-20(11-48)36(62)63)40-32(59)16(3)70-29-25(42-17(4)50)37(72-21(12-49)27(29)55)73-76(67,68)74-75(65,66)69-13-22-26(54)28(56)35(71-22)47-10-8-23(51)46-38(47)64/h8,10,14-16,18-22,25-29,35,37,48-49,54-56H,5-7,9,11-13,39H2,1-4H3,(H,40,59)(H,41,60)(H,42,50)(H,43,57)(H,44,61)(H,45,58)(H,52,53)(H,62,63)(H,65,66)(H,67,68)(H,46,51,64)/t14-,15+,16+,18+,19-,20+,21+,22+,25+,26+,27+,28+,29+,35+,37?/m0/s1. The van der Waals surface area contributed by atoms with Crippen molar-refractivity contribution in [3.8, 4) is 0 Å². The maximum absolute atomic E-state index is 13.4. The van der Waals surface area contributed by atoms with Crippen LogP contribution in [0.4, 0.5) is 0 Å². The number of carboxylic acid groups (broad SMARTS) is 2. The van der Waals surface area contributed by atoms with Gasteiger partial charge in [0.15, 0.2) is 12.5 Å². The lowest BCUT2D eigenvalue weighted by Crippen LogP contribution is -2.66. The number of nitrogens with zero attached hydrogens (tertiary/aromatic N) is 1. The molecule has 0 saturated carbocycles. The number of aromatic nitrogens is 2. The van der Waals surface area contributed by atoms with Crippen LogP contribution in [0.1, 0.15) is 53.2 Å². The Hall–Kier alpha value is -5.66. The van der Waals surface area contributed by atoms with E-state index in [0.29, 0.717) is 4.57 Å². The van der Waals surface area contributed by atoms with E-state index in [0.717, 1.165) is 40.0 Å². The summed E-state index contributed by atoms with van der Waals surface area (Å²) >= 11 is 0. The van der Waals surface area contributed by atoms with E-state index in [1.807, 2.05) is 10.3 Å². The van der Waals surface area contributed by atoms with Gasteiger partial charge in [-0.1, -0.05) is 0 Å². The number of hydrogen-bond acceptors (Lipinski definition) is 24. The number of nitrogens with one attached hydrogen (secondary N) is 7. The van der Waals surface area contributed by atoms with Crippen LogP contribution in [0.2, 0.25) is 0 Å². The lowest BCUT2D eigenvalue weighted by molar-refractivity contribution is -0.261. The van der Waals surface area contributed by atoms with Gasteiger partial charge in [-0.3, -0.25) is 57.0 Å². The number of carbonyl (C=O) groups is 8. The number of phosphoric ester groups is 2. The third kappa shape index (κ3) is 18.8. The van der Waals surface area contributed by atoms with Gasteiger partial charge in [0.05, 0.1) is 19.8 Å². The van der Waals surface area contributed by atoms with Crippen molar-refractivity contribution in [3.05, 3.63) is 33.1 Å². The summed E-state index contributed by atoms with van der Waals surface area (Å²) in [5.41, 5.74) is 3.70. The van der Waals surface area contributed by atoms with Crippen molar-refractivity contribution < 1.29 is 121 Å². The van der Waals surface area contributed by atoms with E-state index in [-0.39, 0.29) is 13.0 Å². The molecule has 0 aliphatic carbocycles. The third-order valence-electron chi connectivity index (χ3n) is 10.9. The molecule has 430 valence electrons. The first-order valence-electron chi connectivity index (χ1n) is 22.5. The number of rotatable bonds is 29. The monoisotopic (exact) mass is 1140 g/mol. The molecule has 3 heterocycles. The minimum absolute atomic E-state index is 0.238. The molecular formula is C38H61N9O27P2. The maximum Gasteiger partial charge on any atom is 0.483 e. The van der Waals surface area contributed by atoms with Crippen molar-refractivity contribution in [1.29, 1.82) is 0 Å². The SMILES string of the molecule is CC(=O)N[C@H]1C(OP(=O)(O)OP(=O)(O)OC[C@H]2O[C@@H](n3ccc(=O)[nH]c3=O)[C@H](O)[C@@H]2O)O[C@H](CO)[C@@H](O)[C@@H]1O[C@H](C)C(=O)N[C@@H](C)C(=O)N[C@H](CCC(=O)O)C(=O)N[C@@H](CCN)C(=O)N[C@H](C)C(=O)N[C@H](CO)C(=O)O. The molecule has 0 spiro atoms. The number of nitrogens with two attached hydrogens (primary N) is 1. The molecule has 2 aliphatic rings. The van der Waals surface area contributed by atoms with Gasteiger partial charge in [0.2, 0.25) is 35.4 Å². The van der Waals surface area contributed by atoms with Crippen LogP contribution in [0.3, 0.4) is 0 Å². The van der Waals surface area contributed by atoms with Crippen LogP contribution in [0.15, 0.2) is 21.9 Å².